The molecule has 3 heterocycles. The Kier molecular flexibility index (Phi) is 9.67. The zero-order valence-corrected chi connectivity index (χ0v) is 23.9. The van der Waals surface area contributed by atoms with Crippen molar-refractivity contribution in [2.24, 2.45) is 11.8 Å². The van der Waals surface area contributed by atoms with Crippen LogP contribution in [0, 0.1) is 11.8 Å². The summed E-state index contributed by atoms with van der Waals surface area (Å²) < 4.78 is 4.63. The number of hydrogen-bond acceptors (Lipinski definition) is 6. The summed E-state index contributed by atoms with van der Waals surface area (Å²) in [7, 11) is 0. The predicted molar refractivity (Wildman–Crippen MR) is 151 cm³/mol. The lowest BCUT2D eigenvalue weighted by Crippen LogP contribution is -2.57. The first-order chi connectivity index (χ1) is 18.3. The van der Waals surface area contributed by atoms with Crippen molar-refractivity contribution in [3.05, 3.63) is 25.3 Å². The Hall–Kier alpha value is -1.80. The molecule has 1 spiro atoms. The molecule has 2 amide bonds. The van der Waals surface area contributed by atoms with Gasteiger partial charge in [0.25, 0.3) is 0 Å². The van der Waals surface area contributed by atoms with E-state index in [9.17, 15) is 14.4 Å². The van der Waals surface area contributed by atoms with Gasteiger partial charge in [-0.15, -0.1) is 24.9 Å². The third-order valence-electron chi connectivity index (χ3n) is 9.26. The minimum Gasteiger partial charge on any atom is -0.465 e. The molecule has 2 unspecified atom stereocenters. The normalized spacial score (nSPS) is 32.3. The van der Waals surface area contributed by atoms with Crippen LogP contribution in [0.4, 0.5) is 0 Å². The van der Waals surface area contributed by atoms with Gasteiger partial charge in [-0.3, -0.25) is 14.4 Å². The number of hydrogen-bond donors (Lipinski definition) is 1. The molecular weight excluding hydrogens is 500 g/mol. The number of aliphatic hydroxyl groups is 1. The maximum Gasteiger partial charge on any atom is 0.311 e. The van der Waals surface area contributed by atoms with Crippen molar-refractivity contribution in [2.45, 2.75) is 106 Å². The summed E-state index contributed by atoms with van der Waals surface area (Å²) in [6, 6.07) is -0.400. The summed E-state index contributed by atoms with van der Waals surface area (Å²) in [6.07, 6.45) is 14.3. The molecule has 4 aliphatic rings. The van der Waals surface area contributed by atoms with Crippen molar-refractivity contribution in [3.8, 4) is 0 Å². The molecule has 0 aromatic heterocycles. The second-order valence-corrected chi connectivity index (χ2v) is 13.6. The molecule has 0 aromatic carbocycles. The molecule has 1 saturated carbocycles. The number of fused-ring (bicyclic) bond motifs is 1. The Morgan fingerprint density at radius 2 is 1.87 bits per heavy atom. The van der Waals surface area contributed by atoms with Crippen molar-refractivity contribution >= 4 is 29.5 Å². The average molecular weight is 547 g/mol. The topological polar surface area (TPSA) is 87.1 Å². The molecule has 0 radical (unpaired) electrons. The number of unbranched alkanes of at least 4 members (excludes halogenated alkanes) is 3. The molecule has 3 aliphatic heterocycles. The zero-order chi connectivity index (χ0) is 27.3. The number of thioether (sulfide) groups is 1. The summed E-state index contributed by atoms with van der Waals surface area (Å²) in [5, 5.41) is 9.16. The molecule has 8 heteroatoms. The van der Waals surface area contributed by atoms with E-state index < -0.39 is 27.4 Å². The van der Waals surface area contributed by atoms with Crippen LogP contribution in [0.2, 0.25) is 0 Å². The van der Waals surface area contributed by atoms with Gasteiger partial charge in [0.2, 0.25) is 11.8 Å². The summed E-state index contributed by atoms with van der Waals surface area (Å²) in [5.74, 6) is -1.43. The highest BCUT2D eigenvalue weighted by atomic mass is 32.2. The van der Waals surface area contributed by atoms with Gasteiger partial charge in [-0.05, 0) is 51.9 Å². The average Bonchev–Trinajstić information content (AvgIpc) is 3.48. The quantitative estimate of drug-likeness (QED) is 0.196. The third kappa shape index (κ3) is 5.32. The van der Waals surface area contributed by atoms with Gasteiger partial charge in [0.1, 0.15) is 6.04 Å². The lowest BCUT2D eigenvalue weighted by molar-refractivity contribution is -0.155. The van der Waals surface area contributed by atoms with Crippen LogP contribution in [0.5, 0.6) is 0 Å². The van der Waals surface area contributed by atoms with E-state index in [0.29, 0.717) is 19.5 Å². The van der Waals surface area contributed by atoms with Crippen LogP contribution in [0.15, 0.2) is 25.3 Å². The smallest absolute Gasteiger partial charge is 0.311 e. The van der Waals surface area contributed by atoms with Crippen LogP contribution in [-0.2, 0) is 19.1 Å². The van der Waals surface area contributed by atoms with E-state index in [4.69, 9.17) is 9.84 Å². The first-order valence-electron chi connectivity index (χ1n) is 14.6. The molecule has 3 saturated heterocycles. The maximum atomic E-state index is 14.6. The zero-order valence-electron chi connectivity index (χ0n) is 23.1. The maximum absolute atomic E-state index is 14.6. The largest absolute Gasteiger partial charge is 0.465 e. The van der Waals surface area contributed by atoms with E-state index in [1.165, 1.54) is 6.42 Å². The van der Waals surface area contributed by atoms with Gasteiger partial charge >= 0.3 is 5.97 Å². The van der Waals surface area contributed by atoms with Crippen LogP contribution >= 0.6 is 11.8 Å². The lowest BCUT2D eigenvalue weighted by atomic mass is 9.66. The minimum absolute atomic E-state index is 0.0282. The van der Waals surface area contributed by atoms with Crippen molar-refractivity contribution in [3.63, 3.8) is 0 Å². The molecule has 7 nitrogen and oxygen atoms in total. The lowest BCUT2D eigenvalue weighted by Gasteiger charge is -2.41. The number of carbonyl (C=O) groups is 3. The molecule has 4 fully saturated rings. The van der Waals surface area contributed by atoms with E-state index in [2.05, 4.69) is 20.1 Å². The predicted octanol–water partition coefficient (Wildman–Crippen LogP) is 4.49. The van der Waals surface area contributed by atoms with Crippen LogP contribution in [0.3, 0.4) is 0 Å². The van der Waals surface area contributed by atoms with Gasteiger partial charge in [-0.2, -0.15) is 0 Å². The fourth-order valence-electron chi connectivity index (χ4n) is 7.49. The Balaban J connectivity index is 1.66. The first-order valence-corrected chi connectivity index (χ1v) is 15.5. The molecule has 0 aromatic rings. The van der Waals surface area contributed by atoms with Gasteiger partial charge in [0.05, 0.1) is 23.2 Å². The second-order valence-electron chi connectivity index (χ2n) is 11.7. The van der Waals surface area contributed by atoms with Crippen LogP contribution in [0.25, 0.3) is 0 Å². The molecule has 38 heavy (non-hydrogen) atoms. The number of nitrogens with zero attached hydrogens (tertiary/aromatic N) is 2. The Labute approximate surface area is 232 Å². The fourth-order valence-corrected chi connectivity index (χ4v) is 9.83. The summed E-state index contributed by atoms with van der Waals surface area (Å²) in [6.45, 7) is 11.1. The highest BCUT2D eigenvalue weighted by Gasteiger charge is 2.77. The minimum atomic E-state index is -0.607. The van der Waals surface area contributed by atoms with Gasteiger partial charge in [0, 0.05) is 30.5 Å². The second kappa shape index (κ2) is 12.6. The number of ether oxygens (including phenoxy) is 1. The number of rotatable bonds is 14. The Bertz CT molecular complexity index is 905. The fraction of sp³-hybridized carbons (Fsp3) is 0.767. The number of likely N-dealkylation sites (tertiary alicyclic amines) is 1. The molecule has 2 bridgehead atoms. The van der Waals surface area contributed by atoms with Crippen LogP contribution < -0.4 is 0 Å². The van der Waals surface area contributed by atoms with E-state index in [1.54, 1.807) is 23.9 Å². The SMILES string of the molecule is C=CCCOC(=O)[C@H]1[C@H]2C(=O)N(CCCCCCO)C(C(=O)N(CC=C)C3CCCCC3)C23CC[C@]1(C)S3. The van der Waals surface area contributed by atoms with Crippen molar-refractivity contribution in [1.29, 1.82) is 0 Å². The van der Waals surface area contributed by atoms with Gasteiger partial charge in [-0.1, -0.05) is 44.3 Å². The molecule has 4 rings (SSSR count). The van der Waals surface area contributed by atoms with E-state index in [0.717, 1.165) is 64.2 Å². The highest BCUT2D eigenvalue weighted by molar-refractivity contribution is 8.02. The van der Waals surface area contributed by atoms with Gasteiger partial charge < -0.3 is 19.6 Å². The first kappa shape index (κ1) is 29.2. The summed E-state index contributed by atoms with van der Waals surface area (Å²) in [5.41, 5.74) is 0. The van der Waals surface area contributed by atoms with Crippen LogP contribution in [-0.4, -0.2) is 80.6 Å². The van der Waals surface area contributed by atoms with Gasteiger partial charge in [-0.25, -0.2) is 0 Å². The van der Waals surface area contributed by atoms with E-state index in [-0.39, 0.29) is 37.0 Å². The number of carbonyl (C=O) groups excluding carboxylic acids is 3. The molecule has 1 aliphatic carbocycles. The van der Waals surface area contributed by atoms with E-state index in [1.807, 2.05) is 9.80 Å². The standard InChI is InChI=1S/C30H46N2O5S/c1-4-6-21-37-28(36)24-23-26(34)32(19-12-7-8-13-20-33)25(30(23)17-16-29(24,3)38-30)27(35)31(18-5-2)22-14-10-9-11-15-22/h4-5,22-25,33H,1-2,6-21H2,3H3/t23-,24+,25?,29-,30?/m0/s1. The Morgan fingerprint density at radius 1 is 1.13 bits per heavy atom. The van der Waals surface area contributed by atoms with E-state index >= 15 is 0 Å². The van der Waals surface area contributed by atoms with Gasteiger partial charge in [0.15, 0.2) is 0 Å². The molecular formula is C30H46N2O5S. The summed E-state index contributed by atoms with van der Waals surface area (Å²) >= 11 is 1.71. The monoisotopic (exact) mass is 546 g/mol. The van der Waals surface area contributed by atoms with Crippen LogP contribution in [0.1, 0.15) is 84.0 Å². The number of esters is 1. The number of aliphatic hydroxyl groups excluding tert-OH is 1. The molecule has 1 N–H and O–H groups in total. The molecule has 212 valence electrons. The third-order valence-corrected chi connectivity index (χ3v) is 11.2. The highest BCUT2D eigenvalue weighted by Crippen LogP contribution is 2.71. The summed E-state index contributed by atoms with van der Waals surface area (Å²) in [4.78, 5) is 46.0. The van der Waals surface area contributed by atoms with Crippen molar-refractivity contribution in [1.82, 2.24) is 9.80 Å². The molecule has 5 atom stereocenters. The number of amides is 2. The van der Waals surface area contributed by atoms with Crippen molar-refractivity contribution in [2.75, 3.05) is 26.3 Å². The van der Waals surface area contributed by atoms with Crippen molar-refractivity contribution < 1.29 is 24.2 Å². The Morgan fingerprint density at radius 3 is 2.55 bits per heavy atom.